The topological polar surface area (TPSA) is 78.9 Å². The minimum absolute atomic E-state index is 0.0614. The van der Waals surface area contributed by atoms with Gasteiger partial charge in [-0.2, -0.15) is 0 Å². The minimum Gasteiger partial charge on any atom is -0.462 e. The molecule has 0 aromatic rings. The Morgan fingerprint density at radius 3 is 0.731 bits per heavy atom. The van der Waals surface area contributed by atoms with Crippen LogP contribution in [0.1, 0.15) is 349 Å². The first-order valence-corrected chi connectivity index (χ1v) is 30.4. The van der Waals surface area contributed by atoms with Crippen molar-refractivity contribution in [2.75, 3.05) is 13.2 Å². The van der Waals surface area contributed by atoms with Gasteiger partial charge in [-0.3, -0.25) is 14.4 Å². The lowest BCUT2D eigenvalue weighted by molar-refractivity contribution is -0.167. The highest BCUT2D eigenvalue weighted by Crippen LogP contribution is 2.18. The average molecular weight is 948 g/mol. The molecule has 398 valence electrons. The molecule has 0 rings (SSSR count). The smallest absolute Gasteiger partial charge is 0.306 e. The third-order valence-corrected chi connectivity index (χ3v) is 14.0. The summed E-state index contributed by atoms with van der Waals surface area (Å²) in [6, 6.07) is 0. The number of hydrogen-bond acceptors (Lipinski definition) is 6. The van der Waals surface area contributed by atoms with E-state index in [9.17, 15) is 14.4 Å². The molecule has 0 amide bonds. The predicted molar refractivity (Wildman–Crippen MR) is 289 cm³/mol. The van der Waals surface area contributed by atoms with Crippen molar-refractivity contribution in [3.63, 3.8) is 0 Å². The van der Waals surface area contributed by atoms with Crippen LogP contribution in [0.2, 0.25) is 0 Å². The summed E-state index contributed by atoms with van der Waals surface area (Å²) in [6.45, 7) is 9.08. The molecule has 0 aromatic carbocycles. The molecule has 6 nitrogen and oxygen atoms in total. The summed E-state index contributed by atoms with van der Waals surface area (Å²) in [4.78, 5) is 38.2. The van der Waals surface area contributed by atoms with Gasteiger partial charge >= 0.3 is 17.9 Å². The van der Waals surface area contributed by atoms with Gasteiger partial charge in [0.15, 0.2) is 6.10 Å². The van der Waals surface area contributed by atoms with E-state index in [0.717, 1.165) is 63.7 Å². The lowest BCUT2D eigenvalue weighted by atomic mass is 10.0. The molecule has 0 fully saturated rings. The number of carbonyl (C=O) groups excluding carboxylic acids is 3. The van der Waals surface area contributed by atoms with E-state index in [1.165, 1.54) is 244 Å². The summed E-state index contributed by atoms with van der Waals surface area (Å²) >= 11 is 0. The minimum atomic E-state index is -0.762. The van der Waals surface area contributed by atoms with Crippen molar-refractivity contribution in [2.45, 2.75) is 355 Å². The van der Waals surface area contributed by atoms with Crippen molar-refractivity contribution < 1.29 is 28.6 Å². The van der Waals surface area contributed by atoms with Crippen LogP contribution >= 0.6 is 0 Å². The van der Waals surface area contributed by atoms with E-state index in [-0.39, 0.29) is 31.1 Å². The maximum Gasteiger partial charge on any atom is 0.306 e. The maximum atomic E-state index is 12.9. The van der Waals surface area contributed by atoms with Crippen LogP contribution in [0.4, 0.5) is 0 Å². The van der Waals surface area contributed by atoms with Crippen LogP contribution in [0, 0.1) is 5.92 Å². The Balaban J connectivity index is 4.28. The van der Waals surface area contributed by atoms with Gasteiger partial charge in [-0.05, 0) is 25.2 Å². The number of unbranched alkanes of at least 4 members (excludes halogenated alkanes) is 43. The first kappa shape index (κ1) is 65.4. The molecule has 0 N–H and O–H groups in total. The second kappa shape index (κ2) is 55.3. The highest BCUT2D eigenvalue weighted by Gasteiger charge is 2.19. The molecule has 0 heterocycles. The average Bonchev–Trinajstić information content (AvgIpc) is 3.31. The zero-order chi connectivity index (χ0) is 48.8. The fourth-order valence-corrected chi connectivity index (χ4v) is 9.46. The number of hydrogen-bond donors (Lipinski definition) is 0. The first-order chi connectivity index (χ1) is 32.9. The Morgan fingerprint density at radius 2 is 0.493 bits per heavy atom. The second-order valence-electron chi connectivity index (χ2n) is 21.5. The molecule has 0 saturated heterocycles. The number of ether oxygens (including phenoxy) is 3. The summed E-state index contributed by atoms with van der Waals surface area (Å²) in [5.41, 5.74) is 0. The Morgan fingerprint density at radius 1 is 0.284 bits per heavy atom. The van der Waals surface area contributed by atoms with E-state index in [0.29, 0.717) is 19.3 Å². The molecule has 0 bridgehead atoms. The van der Waals surface area contributed by atoms with Crippen molar-refractivity contribution >= 4 is 17.9 Å². The van der Waals surface area contributed by atoms with Crippen molar-refractivity contribution in [1.82, 2.24) is 0 Å². The van der Waals surface area contributed by atoms with Gasteiger partial charge in [-0.25, -0.2) is 0 Å². The van der Waals surface area contributed by atoms with Crippen molar-refractivity contribution in [1.29, 1.82) is 0 Å². The molecule has 0 aromatic heterocycles. The largest absolute Gasteiger partial charge is 0.462 e. The van der Waals surface area contributed by atoms with E-state index in [1.54, 1.807) is 0 Å². The molecule has 0 spiro atoms. The van der Waals surface area contributed by atoms with Crippen LogP contribution in [-0.2, 0) is 28.6 Å². The standard InChI is InChI=1S/C61H118O6/c1-5-7-9-11-13-15-17-19-21-22-25-29-33-37-41-45-49-53-60(63)66-56-58(55-65-59(62)52-48-44-40-36-32-28-20-18-16-14-12-10-8-6-2)67-61(64)54-50-46-42-38-34-30-26-23-24-27-31-35-39-43-47-51-57(3)4/h57-58H,5-56H2,1-4H3/t58-/m1/s1. The molecule has 0 aliphatic carbocycles. The summed E-state index contributed by atoms with van der Waals surface area (Å²) < 4.78 is 16.9. The molecule has 0 aliphatic heterocycles. The Labute approximate surface area is 418 Å². The second-order valence-corrected chi connectivity index (χ2v) is 21.5. The molecule has 6 heteroatoms. The monoisotopic (exact) mass is 947 g/mol. The van der Waals surface area contributed by atoms with Gasteiger partial charge < -0.3 is 14.2 Å². The lowest BCUT2D eigenvalue weighted by Gasteiger charge is -2.18. The van der Waals surface area contributed by atoms with Crippen LogP contribution < -0.4 is 0 Å². The van der Waals surface area contributed by atoms with Crippen molar-refractivity contribution in [2.24, 2.45) is 5.92 Å². The van der Waals surface area contributed by atoms with E-state index in [2.05, 4.69) is 27.7 Å². The summed E-state index contributed by atoms with van der Waals surface area (Å²) in [5, 5.41) is 0. The summed E-state index contributed by atoms with van der Waals surface area (Å²) in [7, 11) is 0. The van der Waals surface area contributed by atoms with Crippen molar-refractivity contribution in [3.8, 4) is 0 Å². The summed E-state index contributed by atoms with van der Waals surface area (Å²) in [5.74, 6) is 0.0171. The van der Waals surface area contributed by atoms with E-state index in [1.807, 2.05) is 0 Å². The zero-order valence-corrected chi connectivity index (χ0v) is 45.9. The van der Waals surface area contributed by atoms with E-state index >= 15 is 0 Å². The summed E-state index contributed by atoms with van der Waals surface area (Å²) in [6.07, 6.45) is 60.9. The van der Waals surface area contributed by atoms with Gasteiger partial charge in [0.05, 0.1) is 0 Å². The van der Waals surface area contributed by atoms with E-state index in [4.69, 9.17) is 14.2 Å². The van der Waals surface area contributed by atoms with Crippen LogP contribution in [0.3, 0.4) is 0 Å². The fourth-order valence-electron chi connectivity index (χ4n) is 9.46. The third kappa shape index (κ3) is 55.2. The maximum absolute atomic E-state index is 12.9. The van der Waals surface area contributed by atoms with Gasteiger partial charge in [0, 0.05) is 19.3 Å². The third-order valence-electron chi connectivity index (χ3n) is 14.0. The van der Waals surface area contributed by atoms with Gasteiger partial charge in [-0.1, -0.05) is 310 Å². The Kier molecular flexibility index (Phi) is 54.0. The quantitative estimate of drug-likeness (QED) is 0.0343. The molecule has 67 heavy (non-hydrogen) atoms. The molecule has 0 aliphatic rings. The highest BCUT2D eigenvalue weighted by atomic mass is 16.6. The van der Waals surface area contributed by atoms with Crippen LogP contribution in [0.15, 0.2) is 0 Å². The fraction of sp³-hybridized carbons (Fsp3) is 0.951. The molecule has 0 unspecified atom stereocenters. The highest BCUT2D eigenvalue weighted by molar-refractivity contribution is 5.71. The number of esters is 3. The van der Waals surface area contributed by atoms with E-state index < -0.39 is 6.10 Å². The Bertz CT molecular complexity index is 1010. The van der Waals surface area contributed by atoms with Gasteiger partial charge in [0.1, 0.15) is 13.2 Å². The molecule has 1 atom stereocenters. The predicted octanol–water partition coefficient (Wildman–Crippen LogP) is 20.2. The van der Waals surface area contributed by atoms with Gasteiger partial charge in [0.2, 0.25) is 0 Å². The molecular formula is C61H118O6. The lowest BCUT2D eigenvalue weighted by Crippen LogP contribution is -2.30. The Hall–Kier alpha value is -1.59. The van der Waals surface area contributed by atoms with Gasteiger partial charge in [0.25, 0.3) is 0 Å². The van der Waals surface area contributed by atoms with Crippen LogP contribution in [-0.4, -0.2) is 37.2 Å². The number of carbonyl (C=O) groups is 3. The zero-order valence-electron chi connectivity index (χ0n) is 45.9. The van der Waals surface area contributed by atoms with Crippen molar-refractivity contribution in [3.05, 3.63) is 0 Å². The van der Waals surface area contributed by atoms with Gasteiger partial charge in [-0.15, -0.1) is 0 Å². The normalized spacial score (nSPS) is 12.0. The van der Waals surface area contributed by atoms with Crippen LogP contribution in [0.25, 0.3) is 0 Å². The van der Waals surface area contributed by atoms with Crippen LogP contribution in [0.5, 0.6) is 0 Å². The molecular weight excluding hydrogens is 829 g/mol. The molecule has 0 saturated carbocycles. The SMILES string of the molecule is CCCCCCCCCCCCCCCCCCCC(=O)OC[C@@H](COC(=O)CCCCCCCCCCCCCCCC)OC(=O)CCCCCCCCCCCCCCCCCC(C)C. The first-order valence-electron chi connectivity index (χ1n) is 30.4. The molecule has 0 radical (unpaired) electrons. The number of rotatable bonds is 56.